The molecular formula is C24H17Cl2N7O2. The van der Waals surface area contributed by atoms with Gasteiger partial charge in [0.2, 0.25) is 0 Å². The molecule has 0 spiro atoms. The highest BCUT2D eigenvalue weighted by Gasteiger charge is 2.16. The molecule has 0 amide bonds. The number of pyridine rings is 1. The summed E-state index contributed by atoms with van der Waals surface area (Å²) in [4.78, 5) is 31.2. The number of aromatic nitrogens is 5. The van der Waals surface area contributed by atoms with Crippen LogP contribution in [0.3, 0.4) is 0 Å². The molecule has 0 aliphatic rings. The molecule has 0 bridgehead atoms. The second-order valence-electron chi connectivity index (χ2n) is 7.64. The smallest absolute Gasteiger partial charge is 0.287 e. The number of nitrogens with zero attached hydrogens (tertiary/aromatic N) is 5. The van der Waals surface area contributed by atoms with E-state index in [1.807, 2.05) is 24.3 Å². The van der Waals surface area contributed by atoms with Crippen molar-refractivity contribution >= 4 is 45.7 Å². The van der Waals surface area contributed by atoms with Crippen molar-refractivity contribution < 1.29 is 4.92 Å². The molecule has 0 aliphatic carbocycles. The Morgan fingerprint density at radius 2 is 1.86 bits per heavy atom. The van der Waals surface area contributed by atoms with Crippen LogP contribution in [0.1, 0.15) is 5.82 Å². The monoisotopic (exact) mass is 505 g/mol. The van der Waals surface area contributed by atoms with Gasteiger partial charge in [-0.05, 0) is 42.0 Å². The Balaban J connectivity index is 1.45. The van der Waals surface area contributed by atoms with Crippen molar-refractivity contribution in [3.8, 4) is 22.4 Å². The molecule has 35 heavy (non-hydrogen) atoms. The summed E-state index contributed by atoms with van der Waals surface area (Å²) in [7, 11) is 0. The fourth-order valence-corrected chi connectivity index (χ4v) is 4.14. The van der Waals surface area contributed by atoms with Crippen LogP contribution in [0.5, 0.6) is 0 Å². The van der Waals surface area contributed by atoms with Gasteiger partial charge in [0, 0.05) is 41.4 Å². The quantitative estimate of drug-likeness (QED) is 0.207. The van der Waals surface area contributed by atoms with E-state index in [0.717, 1.165) is 27.7 Å². The van der Waals surface area contributed by atoms with Crippen molar-refractivity contribution in [3.05, 3.63) is 93.2 Å². The maximum atomic E-state index is 10.8. The molecule has 0 atom stereocenters. The summed E-state index contributed by atoms with van der Waals surface area (Å²) in [5.74, 6) is 1.13. The van der Waals surface area contributed by atoms with Gasteiger partial charge in [0.1, 0.15) is 17.8 Å². The lowest BCUT2D eigenvalue weighted by Crippen LogP contribution is -2.09. The summed E-state index contributed by atoms with van der Waals surface area (Å²) < 4.78 is 0. The fraction of sp³-hybridized carbons (Fsp3) is 0.0833. The van der Waals surface area contributed by atoms with E-state index in [0.29, 0.717) is 40.3 Å². The molecule has 2 N–H and O–H groups in total. The number of hydrogen-bond donors (Lipinski definition) is 2. The number of H-pyrrole nitrogens is 1. The van der Waals surface area contributed by atoms with Gasteiger partial charge in [-0.15, -0.1) is 0 Å². The zero-order chi connectivity index (χ0) is 24.4. The molecule has 0 unspecified atom stereocenters. The predicted molar refractivity (Wildman–Crippen MR) is 136 cm³/mol. The number of rotatable bonds is 7. The normalized spacial score (nSPS) is 11.0. The van der Waals surface area contributed by atoms with Crippen molar-refractivity contribution in [1.29, 1.82) is 0 Å². The predicted octanol–water partition coefficient (Wildman–Crippen LogP) is 5.95. The largest absolute Gasteiger partial charge is 0.370 e. The first kappa shape index (κ1) is 22.7. The number of halogens is 2. The molecule has 174 valence electrons. The number of nitro groups is 1. The fourth-order valence-electron chi connectivity index (χ4n) is 3.64. The van der Waals surface area contributed by atoms with Crippen molar-refractivity contribution in [2.45, 2.75) is 6.42 Å². The van der Waals surface area contributed by atoms with Crippen LogP contribution in [0.2, 0.25) is 10.0 Å². The molecular weight excluding hydrogens is 489 g/mol. The van der Waals surface area contributed by atoms with Crippen LogP contribution in [0.25, 0.3) is 33.4 Å². The number of hydrogen-bond acceptors (Lipinski definition) is 7. The standard InChI is InChI=1S/C24H17Cl2N7O2/c25-15-2-4-17(19(26)10-15)24-18(14-1-5-20-21(9-14)31-13-30-20)12-29-23(32-24)7-8-27-22-6-3-16(11-28-22)33(34)35/h1-6,9-13H,7-8H2,(H,27,28)(H,30,31). The molecule has 0 radical (unpaired) electrons. The highest BCUT2D eigenvalue weighted by Crippen LogP contribution is 2.36. The van der Waals surface area contributed by atoms with E-state index in [1.165, 1.54) is 12.3 Å². The Morgan fingerprint density at radius 1 is 0.971 bits per heavy atom. The second kappa shape index (κ2) is 9.65. The third-order valence-corrected chi connectivity index (χ3v) is 5.92. The van der Waals surface area contributed by atoms with Gasteiger partial charge in [-0.3, -0.25) is 10.1 Å². The highest BCUT2D eigenvalue weighted by atomic mass is 35.5. The van der Waals surface area contributed by atoms with Crippen molar-refractivity contribution in [2.24, 2.45) is 0 Å². The van der Waals surface area contributed by atoms with Gasteiger partial charge in [0.05, 0.1) is 33.0 Å². The van der Waals surface area contributed by atoms with E-state index in [-0.39, 0.29) is 5.69 Å². The zero-order valence-corrected chi connectivity index (χ0v) is 19.6. The van der Waals surface area contributed by atoms with Crippen molar-refractivity contribution in [3.63, 3.8) is 0 Å². The Kier molecular flexibility index (Phi) is 6.26. The summed E-state index contributed by atoms with van der Waals surface area (Å²) in [5, 5.41) is 14.9. The van der Waals surface area contributed by atoms with Gasteiger partial charge >= 0.3 is 0 Å². The lowest BCUT2D eigenvalue weighted by molar-refractivity contribution is -0.385. The average Bonchev–Trinajstić information content (AvgIpc) is 3.32. The molecule has 11 heteroatoms. The number of aromatic amines is 1. The van der Waals surface area contributed by atoms with E-state index in [1.54, 1.807) is 30.7 Å². The molecule has 5 rings (SSSR count). The van der Waals surface area contributed by atoms with Crippen LogP contribution in [0.15, 0.2) is 67.3 Å². The van der Waals surface area contributed by atoms with E-state index in [9.17, 15) is 10.1 Å². The highest BCUT2D eigenvalue weighted by molar-refractivity contribution is 6.36. The summed E-state index contributed by atoms with van der Waals surface area (Å²) in [5.41, 5.74) is 4.87. The van der Waals surface area contributed by atoms with Crippen LogP contribution >= 0.6 is 23.2 Å². The van der Waals surface area contributed by atoms with Crippen LogP contribution in [-0.2, 0) is 6.42 Å². The molecule has 0 saturated carbocycles. The van der Waals surface area contributed by atoms with Crippen LogP contribution in [0, 0.1) is 10.1 Å². The summed E-state index contributed by atoms with van der Waals surface area (Å²) in [6.45, 7) is 0.484. The van der Waals surface area contributed by atoms with E-state index >= 15 is 0 Å². The first-order valence-electron chi connectivity index (χ1n) is 10.6. The zero-order valence-electron chi connectivity index (χ0n) is 18.1. The minimum absolute atomic E-state index is 0.0627. The Bertz CT molecular complexity index is 1540. The first-order valence-corrected chi connectivity index (χ1v) is 11.3. The van der Waals surface area contributed by atoms with Gasteiger partial charge in [0.15, 0.2) is 0 Å². The second-order valence-corrected chi connectivity index (χ2v) is 8.49. The van der Waals surface area contributed by atoms with Gasteiger partial charge in [0.25, 0.3) is 5.69 Å². The summed E-state index contributed by atoms with van der Waals surface area (Å²) in [6, 6.07) is 14.2. The van der Waals surface area contributed by atoms with Gasteiger partial charge < -0.3 is 10.3 Å². The lowest BCUT2D eigenvalue weighted by atomic mass is 10.00. The SMILES string of the molecule is O=[N+]([O-])c1ccc(NCCc2ncc(-c3ccc4nc[nH]c4c3)c(-c3ccc(Cl)cc3Cl)n2)nc1. The number of nitrogens with one attached hydrogen (secondary N) is 2. The molecule has 3 aromatic heterocycles. The van der Waals surface area contributed by atoms with E-state index < -0.39 is 4.92 Å². The number of fused-ring (bicyclic) bond motifs is 1. The molecule has 3 heterocycles. The number of imidazole rings is 1. The van der Waals surface area contributed by atoms with Gasteiger partial charge in [-0.25, -0.2) is 19.9 Å². The molecule has 9 nitrogen and oxygen atoms in total. The van der Waals surface area contributed by atoms with E-state index in [4.69, 9.17) is 28.2 Å². The van der Waals surface area contributed by atoms with Crippen LogP contribution < -0.4 is 5.32 Å². The molecule has 0 fully saturated rings. The van der Waals surface area contributed by atoms with E-state index in [2.05, 4.69) is 25.3 Å². The third kappa shape index (κ3) is 4.91. The Hall–Kier alpha value is -4.08. The molecule has 0 aliphatic heterocycles. The number of benzene rings is 2. The van der Waals surface area contributed by atoms with Gasteiger partial charge in [-0.1, -0.05) is 29.3 Å². The van der Waals surface area contributed by atoms with Crippen molar-refractivity contribution in [1.82, 2.24) is 24.9 Å². The minimum atomic E-state index is -0.486. The first-order chi connectivity index (χ1) is 17.0. The summed E-state index contributed by atoms with van der Waals surface area (Å²) >= 11 is 12.7. The summed E-state index contributed by atoms with van der Waals surface area (Å²) in [6.07, 6.45) is 5.14. The Labute approximate surface area is 209 Å². The number of anilines is 1. The van der Waals surface area contributed by atoms with Crippen LogP contribution in [-0.4, -0.2) is 36.4 Å². The molecule has 0 saturated heterocycles. The molecule has 5 aromatic rings. The molecule has 2 aromatic carbocycles. The average molecular weight is 506 g/mol. The van der Waals surface area contributed by atoms with Gasteiger partial charge in [-0.2, -0.15) is 0 Å². The van der Waals surface area contributed by atoms with Crippen molar-refractivity contribution in [2.75, 3.05) is 11.9 Å². The topological polar surface area (TPSA) is 123 Å². The van der Waals surface area contributed by atoms with Crippen LogP contribution in [0.4, 0.5) is 11.5 Å². The maximum Gasteiger partial charge on any atom is 0.287 e. The lowest BCUT2D eigenvalue weighted by Gasteiger charge is -2.13. The third-order valence-electron chi connectivity index (χ3n) is 5.37. The Morgan fingerprint density at radius 3 is 2.63 bits per heavy atom. The minimum Gasteiger partial charge on any atom is -0.370 e. The maximum absolute atomic E-state index is 10.8.